The van der Waals surface area contributed by atoms with Gasteiger partial charge in [-0.1, -0.05) is 74.5 Å². The van der Waals surface area contributed by atoms with Gasteiger partial charge in [-0.15, -0.1) is 0 Å². The van der Waals surface area contributed by atoms with Gasteiger partial charge in [0, 0.05) is 19.1 Å². The van der Waals surface area contributed by atoms with E-state index in [-0.39, 0.29) is 0 Å². The minimum atomic E-state index is 0.407. The van der Waals surface area contributed by atoms with Gasteiger partial charge in [-0.05, 0) is 23.5 Å². The summed E-state index contributed by atoms with van der Waals surface area (Å²) in [5.74, 6) is 0.679. The van der Waals surface area contributed by atoms with Crippen LogP contribution in [0.2, 0.25) is 0 Å². The van der Waals surface area contributed by atoms with E-state index in [1.807, 2.05) is 0 Å². The zero-order valence-electron chi connectivity index (χ0n) is 14.2. The summed E-state index contributed by atoms with van der Waals surface area (Å²) in [7, 11) is 0. The van der Waals surface area contributed by atoms with Crippen molar-refractivity contribution in [3.05, 3.63) is 71.8 Å². The number of hydrogen-bond donors (Lipinski definition) is 0. The number of rotatable bonds is 8. The number of hydrogen-bond acceptors (Lipinski definition) is 2. The lowest BCUT2D eigenvalue weighted by Crippen LogP contribution is -2.39. The molecule has 0 amide bonds. The molecule has 1 heterocycles. The SMILES string of the molecule is CC(C)CC([C@@H]1CO1)N(Cc1ccccc1)Cc1ccccc1. The van der Waals surface area contributed by atoms with Gasteiger partial charge in [-0.2, -0.15) is 0 Å². The molecule has 0 aliphatic carbocycles. The molecule has 2 heteroatoms. The summed E-state index contributed by atoms with van der Waals surface area (Å²) in [5, 5.41) is 0. The van der Waals surface area contributed by atoms with Crippen molar-refractivity contribution in [2.45, 2.75) is 45.5 Å². The molecule has 0 radical (unpaired) electrons. The predicted molar refractivity (Wildman–Crippen MR) is 95.1 cm³/mol. The number of benzene rings is 2. The molecule has 1 unspecified atom stereocenters. The first-order valence-electron chi connectivity index (χ1n) is 8.66. The maximum absolute atomic E-state index is 5.69. The number of nitrogens with zero attached hydrogens (tertiary/aromatic N) is 1. The van der Waals surface area contributed by atoms with Crippen LogP contribution in [0.1, 0.15) is 31.4 Å². The van der Waals surface area contributed by atoms with E-state index in [4.69, 9.17) is 4.74 Å². The van der Waals surface area contributed by atoms with Crippen LogP contribution >= 0.6 is 0 Å². The Balaban J connectivity index is 1.79. The van der Waals surface area contributed by atoms with Crippen LogP contribution in [0.4, 0.5) is 0 Å². The van der Waals surface area contributed by atoms with Crippen LogP contribution in [0.5, 0.6) is 0 Å². The van der Waals surface area contributed by atoms with E-state index in [0.717, 1.165) is 19.7 Å². The minimum absolute atomic E-state index is 0.407. The fraction of sp³-hybridized carbons (Fsp3) is 0.429. The van der Waals surface area contributed by atoms with E-state index >= 15 is 0 Å². The number of epoxide rings is 1. The van der Waals surface area contributed by atoms with Gasteiger partial charge < -0.3 is 4.74 Å². The monoisotopic (exact) mass is 309 g/mol. The topological polar surface area (TPSA) is 15.8 Å². The van der Waals surface area contributed by atoms with Crippen molar-refractivity contribution < 1.29 is 4.74 Å². The third-order valence-corrected chi connectivity index (χ3v) is 4.43. The third kappa shape index (κ3) is 4.92. The van der Waals surface area contributed by atoms with Crippen molar-refractivity contribution in [2.75, 3.05) is 6.61 Å². The molecule has 0 bridgehead atoms. The van der Waals surface area contributed by atoms with Crippen molar-refractivity contribution in [1.29, 1.82) is 0 Å². The Kier molecular flexibility index (Phi) is 5.47. The Labute approximate surface area is 140 Å². The molecule has 1 aliphatic rings. The van der Waals surface area contributed by atoms with Crippen LogP contribution in [0.3, 0.4) is 0 Å². The molecule has 0 saturated carbocycles. The van der Waals surface area contributed by atoms with Gasteiger partial charge >= 0.3 is 0 Å². The first-order valence-corrected chi connectivity index (χ1v) is 8.66. The maximum Gasteiger partial charge on any atom is 0.0964 e. The van der Waals surface area contributed by atoms with E-state index in [0.29, 0.717) is 18.1 Å². The minimum Gasteiger partial charge on any atom is -0.371 e. The largest absolute Gasteiger partial charge is 0.371 e. The van der Waals surface area contributed by atoms with E-state index in [2.05, 4.69) is 79.4 Å². The highest BCUT2D eigenvalue weighted by Gasteiger charge is 2.37. The summed E-state index contributed by atoms with van der Waals surface area (Å²) in [4.78, 5) is 2.60. The van der Waals surface area contributed by atoms with E-state index < -0.39 is 0 Å². The summed E-state index contributed by atoms with van der Waals surface area (Å²) in [5.41, 5.74) is 2.75. The first-order chi connectivity index (χ1) is 11.2. The Hall–Kier alpha value is -1.64. The molecular formula is C21H27NO. The number of ether oxygens (including phenoxy) is 1. The molecule has 2 aromatic rings. The van der Waals surface area contributed by atoms with Gasteiger partial charge in [0.15, 0.2) is 0 Å². The molecular weight excluding hydrogens is 282 g/mol. The highest BCUT2D eigenvalue weighted by Crippen LogP contribution is 2.28. The second-order valence-corrected chi connectivity index (χ2v) is 6.94. The Morgan fingerprint density at radius 2 is 1.39 bits per heavy atom. The van der Waals surface area contributed by atoms with Crippen LogP contribution in [-0.2, 0) is 17.8 Å². The Morgan fingerprint density at radius 1 is 0.913 bits per heavy atom. The second-order valence-electron chi connectivity index (χ2n) is 6.94. The van der Waals surface area contributed by atoms with Crippen LogP contribution < -0.4 is 0 Å². The van der Waals surface area contributed by atoms with Gasteiger partial charge in [0.2, 0.25) is 0 Å². The standard InChI is InChI=1S/C21H27NO/c1-17(2)13-20(21-16-23-21)22(14-18-9-5-3-6-10-18)15-19-11-7-4-8-12-19/h3-12,17,20-21H,13-16H2,1-2H3/t20?,21-/m0/s1. The lowest BCUT2D eigenvalue weighted by molar-refractivity contribution is 0.126. The van der Waals surface area contributed by atoms with Crippen LogP contribution in [-0.4, -0.2) is 23.7 Å². The molecule has 2 aromatic carbocycles. The van der Waals surface area contributed by atoms with Crippen molar-refractivity contribution in [3.63, 3.8) is 0 Å². The highest BCUT2D eigenvalue weighted by molar-refractivity contribution is 5.17. The van der Waals surface area contributed by atoms with Gasteiger partial charge in [0.25, 0.3) is 0 Å². The molecule has 3 rings (SSSR count). The molecule has 2 nitrogen and oxygen atoms in total. The first kappa shape index (κ1) is 16.2. The second kappa shape index (κ2) is 7.76. The maximum atomic E-state index is 5.69. The van der Waals surface area contributed by atoms with Crippen LogP contribution in [0.25, 0.3) is 0 Å². The fourth-order valence-electron chi connectivity index (χ4n) is 3.22. The van der Waals surface area contributed by atoms with Crippen molar-refractivity contribution >= 4 is 0 Å². The zero-order valence-corrected chi connectivity index (χ0v) is 14.2. The summed E-state index contributed by atoms with van der Waals surface area (Å²) < 4.78 is 5.69. The normalized spacial score (nSPS) is 18.3. The van der Waals surface area contributed by atoms with Crippen LogP contribution in [0.15, 0.2) is 60.7 Å². The van der Waals surface area contributed by atoms with E-state index in [1.165, 1.54) is 17.5 Å². The van der Waals surface area contributed by atoms with E-state index in [9.17, 15) is 0 Å². The third-order valence-electron chi connectivity index (χ3n) is 4.43. The van der Waals surface area contributed by atoms with E-state index in [1.54, 1.807) is 0 Å². The predicted octanol–water partition coefficient (Wildman–Crippen LogP) is 4.50. The lowest BCUT2D eigenvalue weighted by atomic mass is 9.98. The van der Waals surface area contributed by atoms with Gasteiger partial charge in [-0.25, -0.2) is 0 Å². The van der Waals surface area contributed by atoms with Gasteiger partial charge in [-0.3, -0.25) is 4.90 Å². The molecule has 2 atom stereocenters. The molecule has 23 heavy (non-hydrogen) atoms. The van der Waals surface area contributed by atoms with Crippen molar-refractivity contribution in [2.24, 2.45) is 5.92 Å². The average Bonchev–Trinajstić information content (AvgIpc) is 3.39. The summed E-state index contributed by atoms with van der Waals surface area (Å²) in [6.07, 6.45) is 1.59. The quantitative estimate of drug-likeness (QED) is 0.667. The Morgan fingerprint density at radius 3 is 1.78 bits per heavy atom. The summed E-state index contributed by atoms with van der Waals surface area (Å²) >= 11 is 0. The Bertz CT molecular complexity index is 536. The summed E-state index contributed by atoms with van der Waals surface area (Å²) in [6, 6.07) is 22.0. The molecule has 0 spiro atoms. The van der Waals surface area contributed by atoms with Gasteiger partial charge in [0.1, 0.15) is 0 Å². The van der Waals surface area contributed by atoms with Crippen molar-refractivity contribution in [3.8, 4) is 0 Å². The van der Waals surface area contributed by atoms with Crippen LogP contribution in [0, 0.1) is 5.92 Å². The summed E-state index contributed by atoms with van der Waals surface area (Å²) in [6.45, 7) is 7.48. The molecule has 0 N–H and O–H groups in total. The molecule has 1 fully saturated rings. The van der Waals surface area contributed by atoms with Crippen molar-refractivity contribution in [1.82, 2.24) is 4.90 Å². The molecule has 1 aliphatic heterocycles. The fourth-order valence-corrected chi connectivity index (χ4v) is 3.22. The molecule has 122 valence electrons. The smallest absolute Gasteiger partial charge is 0.0964 e. The van der Waals surface area contributed by atoms with Gasteiger partial charge in [0.05, 0.1) is 12.7 Å². The molecule has 1 saturated heterocycles. The average molecular weight is 309 g/mol. The highest BCUT2D eigenvalue weighted by atomic mass is 16.6. The lowest BCUT2D eigenvalue weighted by Gasteiger charge is -2.32. The molecule has 0 aromatic heterocycles. The zero-order chi connectivity index (χ0) is 16.1.